The summed E-state index contributed by atoms with van der Waals surface area (Å²) in [5.74, 6) is -0.292. The molecule has 0 unspecified atom stereocenters. The molecule has 7 nitrogen and oxygen atoms in total. The van der Waals surface area contributed by atoms with E-state index in [1.165, 1.54) is 0 Å². The first kappa shape index (κ1) is 16.0. The van der Waals surface area contributed by atoms with E-state index in [2.05, 4.69) is 15.0 Å². The molecular weight excluding hydrogens is 328 g/mol. The number of fused-ring (bicyclic) bond motifs is 1. The van der Waals surface area contributed by atoms with Gasteiger partial charge in [0.25, 0.3) is 5.91 Å². The Morgan fingerprint density at radius 2 is 2.04 bits per heavy atom. The lowest BCUT2D eigenvalue weighted by molar-refractivity contribution is 0.0946. The van der Waals surface area contributed by atoms with Crippen LogP contribution in [0.25, 0.3) is 5.65 Å². The topological polar surface area (TPSA) is 92.6 Å². The Labute approximate surface area is 139 Å². The molecule has 0 bridgehead atoms. The number of hydrogen-bond acceptors (Lipinski definition) is 4. The summed E-state index contributed by atoms with van der Waals surface area (Å²) in [6.45, 7) is 0.270. The monoisotopic (exact) mass is 344 g/mol. The highest BCUT2D eigenvalue weighted by atomic mass is 32.2. The molecule has 0 fully saturated rings. The number of sulfonamides is 1. The summed E-state index contributed by atoms with van der Waals surface area (Å²) in [5, 5.41) is 2.77. The summed E-state index contributed by atoms with van der Waals surface area (Å²) in [5.41, 5.74) is 2.26. The van der Waals surface area contributed by atoms with Crippen molar-refractivity contribution in [3.8, 4) is 0 Å². The highest BCUT2D eigenvalue weighted by Crippen LogP contribution is 2.12. The van der Waals surface area contributed by atoms with Crippen molar-refractivity contribution in [2.75, 3.05) is 11.0 Å². The van der Waals surface area contributed by atoms with Crippen molar-refractivity contribution in [2.24, 2.45) is 0 Å². The number of amides is 1. The van der Waals surface area contributed by atoms with E-state index >= 15 is 0 Å². The van der Waals surface area contributed by atoms with Gasteiger partial charge in [0.05, 0.1) is 6.26 Å². The van der Waals surface area contributed by atoms with Crippen LogP contribution in [0.2, 0.25) is 0 Å². The quantitative estimate of drug-likeness (QED) is 0.736. The van der Waals surface area contributed by atoms with E-state index < -0.39 is 10.0 Å². The van der Waals surface area contributed by atoms with Gasteiger partial charge < -0.3 is 9.72 Å². The average molecular weight is 344 g/mol. The van der Waals surface area contributed by atoms with E-state index in [1.807, 2.05) is 24.4 Å². The molecule has 2 aromatic heterocycles. The number of carbonyl (C=O) groups is 1. The van der Waals surface area contributed by atoms with Gasteiger partial charge >= 0.3 is 0 Å². The second kappa shape index (κ2) is 6.32. The third-order valence-electron chi connectivity index (χ3n) is 3.28. The molecule has 2 N–H and O–H groups in total. The van der Waals surface area contributed by atoms with Crippen molar-refractivity contribution in [1.82, 2.24) is 14.7 Å². The van der Waals surface area contributed by atoms with Crippen LogP contribution in [0.5, 0.6) is 0 Å². The van der Waals surface area contributed by atoms with Gasteiger partial charge in [0.15, 0.2) is 0 Å². The maximum Gasteiger partial charge on any atom is 0.271 e. The highest BCUT2D eigenvalue weighted by molar-refractivity contribution is 7.92. The van der Waals surface area contributed by atoms with Crippen LogP contribution in [0.15, 0.2) is 54.9 Å². The fourth-order valence-corrected chi connectivity index (χ4v) is 2.83. The lowest BCUT2D eigenvalue weighted by atomic mass is 10.2. The van der Waals surface area contributed by atoms with Crippen LogP contribution in [-0.2, 0) is 16.6 Å². The van der Waals surface area contributed by atoms with E-state index in [0.29, 0.717) is 17.0 Å². The molecule has 2 heterocycles. The first-order valence-electron chi connectivity index (χ1n) is 7.19. The van der Waals surface area contributed by atoms with Crippen molar-refractivity contribution in [1.29, 1.82) is 0 Å². The number of carbonyl (C=O) groups excluding carboxylic acids is 1. The number of aromatic nitrogens is 2. The fourth-order valence-electron chi connectivity index (χ4n) is 2.28. The lowest BCUT2D eigenvalue weighted by Gasteiger charge is -2.07. The van der Waals surface area contributed by atoms with E-state index in [1.54, 1.807) is 34.9 Å². The molecule has 0 spiro atoms. The zero-order valence-electron chi connectivity index (χ0n) is 12.9. The van der Waals surface area contributed by atoms with Crippen LogP contribution in [0.1, 0.15) is 16.1 Å². The number of imidazole rings is 1. The van der Waals surface area contributed by atoms with Gasteiger partial charge in [-0.1, -0.05) is 18.2 Å². The van der Waals surface area contributed by atoms with Gasteiger partial charge in [-0.15, -0.1) is 0 Å². The SMILES string of the molecule is CS(=O)(=O)Nc1cccc(CNC(=O)c2cn3ccccc3n2)c1. The zero-order chi connectivity index (χ0) is 17.2. The molecule has 3 rings (SSSR count). The number of nitrogens with one attached hydrogen (secondary N) is 2. The predicted octanol–water partition coefficient (Wildman–Crippen LogP) is 1.64. The Balaban J connectivity index is 1.69. The van der Waals surface area contributed by atoms with E-state index in [9.17, 15) is 13.2 Å². The maximum absolute atomic E-state index is 12.2. The minimum atomic E-state index is -3.33. The third-order valence-corrected chi connectivity index (χ3v) is 3.89. The van der Waals surface area contributed by atoms with Crippen LogP contribution in [0.4, 0.5) is 5.69 Å². The highest BCUT2D eigenvalue weighted by Gasteiger charge is 2.10. The predicted molar refractivity (Wildman–Crippen MR) is 91.3 cm³/mol. The van der Waals surface area contributed by atoms with Crippen LogP contribution in [0.3, 0.4) is 0 Å². The Hall–Kier alpha value is -2.87. The number of benzene rings is 1. The Morgan fingerprint density at radius 1 is 1.21 bits per heavy atom. The molecule has 124 valence electrons. The van der Waals surface area contributed by atoms with Gasteiger partial charge in [-0.05, 0) is 29.8 Å². The fraction of sp³-hybridized carbons (Fsp3) is 0.125. The minimum Gasteiger partial charge on any atom is -0.347 e. The largest absolute Gasteiger partial charge is 0.347 e. The van der Waals surface area contributed by atoms with Crippen LogP contribution >= 0.6 is 0 Å². The summed E-state index contributed by atoms with van der Waals surface area (Å²) in [7, 11) is -3.33. The number of anilines is 1. The zero-order valence-corrected chi connectivity index (χ0v) is 13.7. The Morgan fingerprint density at radius 3 is 2.79 bits per heavy atom. The Bertz CT molecular complexity index is 962. The second-order valence-electron chi connectivity index (χ2n) is 5.35. The third kappa shape index (κ3) is 3.90. The molecule has 1 aromatic carbocycles. The average Bonchev–Trinajstić information content (AvgIpc) is 2.95. The van der Waals surface area contributed by atoms with Gasteiger partial charge in [0.1, 0.15) is 11.3 Å². The summed E-state index contributed by atoms with van der Waals surface area (Å²) in [6, 6.07) is 12.4. The first-order valence-corrected chi connectivity index (χ1v) is 9.08. The normalized spacial score (nSPS) is 11.4. The molecule has 0 atom stereocenters. The van der Waals surface area contributed by atoms with Gasteiger partial charge in [-0.25, -0.2) is 13.4 Å². The maximum atomic E-state index is 12.2. The molecule has 8 heteroatoms. The van der Waals surface area contributed by atoms with Crippen LogP contribution in [0, 0.1) is 0 Å². The summed E-state index contributed by atoms with van der Waals surface area (Å²) in [6.07, 6.45) is 4.57. The van der Waals surface area contributed by atoms with Crippen molar-refractivity contribution in [3.05, 3.63) is 66.1 Å². The molecule has 24 heavy (non-hydrogen) atoms. The van der Waals surface area contributed by atoms with E-state index in [4.69, 9.17) is 0 Å². The van der Waals surface area contributed by atoms with Gasteiger partial charge in [0.2, 0.25) is 10.0 Å². The minimum absolute atomic E-state index is 0.270. The lowest BCUT2D eigenvalue weighted by Crippen LogP contribution is -2.23. The van der Waals surface area contributed by atoms with Crippen molar-refractivity contribution in [2.45, 2.75) is 6.54 Å². The number of hydrogen-bond donors (Lipinski definition) is 2. The molecule has 0 aliphatic carbocycles. The molecule has 0 aliphatic rings. The van der Waals surface area contributed by atoms with Crippen LogP contribution < -0.4 is 10.0 Å². The molecular formula is C16H16N4O3S. The van der Waals surface area contributed by atoms with Gasteiger partial charge in [-0.3, -0.25) is 9.52 Å². The molecule has 0 radical (unpaired) electrons. The number of pyridine rings is 1. The first-order chi connectivity index (χ1) is 11.4. The number of rotatable bonds is 5. The van der Waals surface area contributed by atoms with E-state index in [0.717, 1.165) is 11.8 Å². The molecule has 1 amide bonds. The van der Waals surface area contributed by atoms with Gasteiger partial charge in [0, 0.05) is 24.6 Å². The van der Waals surface area contributed by atoms with Crippen molar-refractivity contribution >= 4 is 27.3 Å². The van der Waals surface area contributed by atoms with Crippen molar-refractivity contribution in [3.63, 3.8) is 0 Å². The Kier molecular flexibility index (Phi) is 4.22. The molecule has 0 saturated heterocycles. The second-order valence-corrected chi connectivity index (χ2v) is 7.10. The summed E-state index contributed by atoms with van der Waals surface area (Å²) in [4.78, 5) is 16.5. The summed E-state index contributed by atoms with van der Waals surface area (Å²) >= 11 is 0. The summed E-state index contributed by atoms with van der Waals surface area (Å²) < 4.78 is 26.7. The van der Waals surface area contributed by atoms with Gasteiger partial charge in [-0.2, -0.15) is 0 Å². The van der Waals surface area contributed by atoms with Crippen molar-refractivity contribution < 1.29 is 13.2 Å². The van der Waals surface area contributed by atoms with E-state index in [-0.39, 0.29) is 12.5 Å². The smallest absolute Gasteiger partial charge is 0.271 e. The van der Waals surface area contributed by atoms with Crippen LogP contribution in [-0.4, -0.2) is 30.0 Å². The standard InChI is InChI=1S/C16H16N4O3S/c1-24(22,23)19-13-6-4-5-12(9-13)10-17-16(21)14-11-20-8-3-2-7-15(20)18-14/h2-9,11,19H,10H2,1H3,(H,17,21). The molecule has 0 saturated carbocycles. The molecule has 3 aromatic rings. The number of nitrogens with zero attached hydrogens (tertiary/aromatic N) is 2. The molecule has 0 aliphatic heterocycles.